The molecule has 0 aliphatic carbocycles. The number of aromatic nitrogens is 2. The molecule has 2 aromatic heterocycles. The molecule has 5 rings (SSSR count). The molecule has 1 fully saturated rings. The van der Waals surface area contributed by atoms with Gasteiger partial charge in [-0.3, -0.25) is 0 Å². The molecule has 1 aromatic carbocycles. The smallest absolute Gasteiger partial charge is 0.253 e. The van der Waals surface area contributed by atoms with Crippen LogP contribution in [0.25, 0.3) is 11.1 Å². The van der Waals surface area contributed by atoms with Gasteiger partial charge in [0, 0.05) is 52.7 Å². The third kappa shape index (κ3) is 6.35. The number of piperazine rings is 1. The van der Waals surface area contributed by atoms with Crippen molar-refractivity contribution in [2.24, 2.45) is 0 Å². The molecule has 0 unspecified atom stereocenters. The Kier molecular flexibility index (Phi) is 8.28. The Hall–Kier alpha value is -3.19. The normalized spacial score (nSPS) is 16.0. The summed E-state index contributed by atoms with van der Waals surface area (Å²) in [6, 6.07) is 12.5. The first-order chi connectivity index (χ1) is 19.5. The summed E-state index contributed by atoms with van der Waals surface area (Å²) >= 11 is 0. The number of nitrogens with zero attached hydrogens (tertiary/aromatic N) is 5. The summed E-state index contributed by atoms with van der Waals surface area (Å²) < 4.78 is 54.0. The van der Waals surface area contributed by atoms with E-state index in [1.54, 1.807) is 12.3 Å². The molecule has 41 heavy (non-hydrogen) atoms. The number of benzene rings is 1. The summed E-state index contributed by atoms with van der Waals surface area (Å²) in [6.07, 6.45) is 4.41. The maximum absolute atomic E-state index is 14.9. The summed E-state index contributed by atoms with van der Waals surface area (Å²) in [4.78, 5) is 10.5. The molecule has 9 nitrogen and oxygen atoms in total. The maximum Gasteiger partial charge on any atom is 0.253 e. The van der Waals surface area contributed by atoms with Crippen molar-refractivity contribution in [1.29, 1.82) is 0 Å². The molecular weight excluding hydrogens is 562 g/mol. The number of anilines is 1. The van der Waals surface area contributed by atoms with Crippen LogP contribution in [0.4, 0.5) is 15.9 Å². The number of methoxy groups -OCH3 is 1. The minimum absolute atomic E-state index is 0.321. The van der Waals surface area contributed by atoms with E-state index in [-0.39, 0.29) is 0 Å². The predicted molar refractivity (Wildman–Crippen MR) is 161 cm³/mol. The van der Waals surface area contributed by atoms with Crippen LogP contribution in [0, 0.1) is 5.95 Å². The maximum atomic E-state index is 14.9. The topological polar surface area (TPSA) is 87.9 Å². The molecule has 0 N–H and O–H groups in total. The van der Waals surface area contributed by atoms with Crippen LogP contribution in [0.3, 0.4) is 0 Å². The highest BCUT2D eigenvalue weighted by molar-refractivity contribution is 7.88. The molecule has 0 atom stereocenters. The fourth-order valence-electron chi connectivity index (χ4n) is 5.15. The predicted octanol–water partition coefficient (Wildman–Crippen LogP) is 4.18. The second kappa shape index (κ2) is 11.6. The SMILES string of the molecule is COc1ccnc(F)c1-c1ccc2c(c1)C(c1ccnc(N3CCN(S(C)(=O)=O)CC3)c1)=[N+]2COCC[Si](C)(C)C. The standard InChI is InChI=1S/C29H37FN5O4SSi/c1-38-25-9-11-32-29(30)27(25)21-6-7-24-23(18-21)28(35(24)20-39-16-17-41(3,4)5)22-8-10-31-26(19-22)33-12-14-34(15-13-33)40(2,36)37/h6-11,18-19H,12-17,20H2,1-5H3/q+1. The first kappa shape index (κ1) is 29.3. The average molecular weight is 599 g/mol. The van der Waals surface area contributed by atoms with Crippen LogP contribution < -0.4 is 9.64 Å². The molecule has 4 heterocycles. The van der Waals surface area contributed by atoms with Gasteiger partial charge in [0.25, 0.3) is 6.73 Å². The highest BCUT2D eigenvalue weighted by Crippen LogP contribution is 2.39. The van der Waals surface area contributed by atoms with Gasteiger partial charge in [-0.2, -0.15) is 13.3 Å². The largest absolute Gasteiger partial charge is 0.496 e. The molecule has 1 saturated heterocycles. The lowest BCUT2D eigenvalue weighted by atomic mass is 9.91. The third-order valence-electron chi connectivity index (χ3n) is 7.45. The van der Waals surface area contributed by atoms with E-state index >= 15 is 0 Å². The lowest BCUT2D eigenvalue weighted by Gasteiger charge is -2.34. The Morgan fingerprint density at radius 1 is 1.00 bits per heavy atom. The van der Waals surface area contributed by atoms with Gasteiger partial charge in [-0.1, -0.05) is 19.6 Å². The van der Waals surface area contributed by atoms with Crippen LogP contribution >= 0.6 is 0 Å². The Morgan fingerprint density at radius 2 is 1.73 bits per heavy atom. The van der Waals surface area contributed by atoms with Crippen LogP contribution in [0.2, 0.25) is 25.7 Å². The minimum atomic E-state index is -3.22. The molecule has 0 amide bonds. The van der Waals surface area contributed by atoms with Crippen molar-refractivity contribution in [2.75, 3.05) is 57.8 Å². The van der Waals surface area contributed by atoms with Gasteiger partial charge in [0.15, 0.2) is 0 Å². The fraction of sp³-hybridized carbons (Fsp3) is 0.414. The van der Waals surface area contributed by atoms with Crippen LogP contribution in [-0.2, 0) is 14.8 Å². The van der Waals surface area contributed by atoms with Gasteiger partial charge >= 0.3 is 0 Å². The van der Waals surface area contributed by atoms with Crippen molar-refractivity contribution in [3.8, 4) is 16.9 Å². The van der Waals surface area contributed by atoms with Crippen molar-refractivity contribution in [3.05, 3.63) is 65.9 Å². The Bertz CT molecular complexity index is 1580. The molecule has 2 aliphatic rings. The number of hydrogen-bond donors (Lipinski definition) is 0. The Morgan fingerprint density at radius 3 is 2.41 bits per heavy atom. The Balaban J connectivity index is 1.48. The van der Waals surface area contributed by atoms with Gasteiger partial charge < -0.3 is 14.4 Å². The molecule has 3 aromatic rings. The highest BCUT2D eigenvalue weighted by Gasteiger charge is 2.38. The van der Waals surface area contributed by atoms with Crippen molar-refractivity contribution >= 4 is 35.3 Å². The van der Waals surface area contributed by atoms with E-state index < -0.39 is 24.0 Å². The number of pyridine rings is 2. The quantitative estimate of drug-likeness (QED) is 0.150. The van der Waals surface area contributed by atoms with E-state index in [9.17, 15) is 12.8 Å². The lowest BCUT2D eigenvalue weighted by molar-refractivity contribution is -0.500. The first-order valence-corrected chi connectivity index (χ1v) is 19.2. The molecule has 12 heteroatoms. The molecule has 2 aliphatic heterocycles. The van der Waals surface area contributed by atoms with E-state index in [1.807, 2.05) is 30.3 Å². The van der Waals surface area contributed by atoms with Crippen LogP contribution in [-0.4, -0.2) is 93.9 Å². The summed E-state index contributed by atoms with van der Waals surface area (Å²) in [7, 11) is -2.94. The van der Waals surface area contributed by atoms with Crippen molar-refractivity contribution < 1.29 is 26.9 Å². The number of fused-ring (bicyclic) bond motifs is 1. The summed E-state index contributed by atoms with van der Waals surface area (Å²) in [5, 5.41) is 0. The van der Waals surface area contributed by atoms with Gasteiger partial charge in [-0.25, -0.2) is 18.4 Å². The van der Waals surface area contributed by atoms with Gasteiger partial charge in [-0.15, -0.1) is 0 Å². The molecular formula is C29H37FN5O4SSi+. The first-order valence-electron chi connectivity index (χ1n) is 13.7. The molecule has 218 valence electrons. The summed E-state index contributed by atoms with van der Waals surface area (Å²) in [6.45, 7) is 10.0. The van der Waals surface area contributed by atoms with Crippen LogP contribution in [0.1, 0.15) is 11.1 Å². The molecule has 0 spiro atoms. The van der Waals surface area contributed by atoms with Crippen LogP contribution in [0.5, 0.6) is 5.75 Å². The zero-order chi connectivity index (χ0) is 29.4. The van der Waals surface area contributed by atoms with Gasteiger partial charge in [0.1, 0.15) is 17.1 Å². The van der Waals surface area contributed by atoms with Gasteiger partial charge in [-0.05, 0) is 41.9 Å². The lowest BCUT2D eigenvalue weighted by Crippen LogP contribution is -2.48. The van der Waals surface area contributed by atoms with Crippen molar-refractivity contribution in [1.82, 2.24) is 14.3 Å². The second-order valence-electron chi connectivity index (χ2n) is 11.6. The van der Waals surface area contributed by atoms with Gasteiger partial charge in [0.2, 0.25) is 27.4 Å². The summed E-state index contributed by atoms with van der Waals surface area (Å²) in [5.74, 6) is 0.618. The van der Waals surface area contributed by atoms with E-state index in [1.165, 1.54) is 23.9 Å². The number of rotatable bonds is 10. The second-order valence-corrected chi connectivity index (χ2v) is 19.2. The van der Waals surface area contributed by atoms with E-state index in [0.717, 1.165) is 34.4 Å². The zero-order valence-electron chi connectivity index (χ0n) is 24.2. The monoisotopic (exact) mass is 598 g/mol. The zero-order valence-corrected chi connectivity index (χ0v) is 26.0. The van der Waals surface area contributed by atoms with Crippen molar-refractivity contribution in [3.63, 3.8) is 0 Å². The van der Waals surface area contributed by atoms with Crippen LogP contribution in [0.15, 0.2) is 48.8 Å². The average Bonchev–Trinajstić information content (AvgIpc) is 2.92. The number of sulfonamides is 1. The molecule has 0 radical (unpaired) electrons. The van der Waals surface area contributed by atoms with E-state index in [4.69, 9.17) is 9.47 Å². The highest BCUT2D eigenvalue weighted by atomic mass is 32.2. The fourth-order valence-corrected chi connectivity index (χ4v) is 6.73. The number of hydrogen-bond acceptors (Lipinski definition) is 7. The molecule has 0 saturated carbocycles. The number of ether oxygens (including phenoxy) is 2. The minimum Gasteiger partial charge on any atom is -0.496 e. The summed E-state index contributed by atoms with van der Waals surface area (Å²) in [5.41, 5.74) is 4.89. The van der Waals surface area contributed by atoms with E-state index in [2.05, 4.69) is 39.1 Å². The Labute approximate surface area is 242 Å². The van der Waals surface area contributed by atoms with E-state index in [0.29, 0.717) is 56.4 Å². The molecule has 0 bridgehead atoms. The van der Waals surface area contributed by atoms with Crippen molar-refractivity contribution in [2.45, 2.75) is 25.7 Å². The number of halogens is 1. The van der Waals surface area contributed by atoms with Gasteiger partial charge in [0.05, 0.1) is 31.1 Å². The third-order valence-corrected chi connectivity index (χ3v) is 10.5.